The molecule has 5 nitrogen and oxygen atoms in total. The van der Waals surface area contributed by atoms with Crippen LogP contribution in [0.5, 0.6) is 0 Å². The number of thiophene rings is 1. The van der Waals surface area contributed by atoms with E-state index in [2.05, 4.69) is 16.6 Å². The van der Waals surface area contributed by atoms with Crippen molar-refractivity contribution < 1.29 is 14.3 Å². The number of rotatable bonds is 5. The second-order valence-corrected chi connectivity index (χ2v) is 5.06. The Labute approximate surface area is 122 Å². The van der Waals surface area contributed by atoms with Crippen LogP contribution in [0.4, 0.5) is 0 Å². The average molecular weight is 294 g/mol. The molecule has 20 heavy (non-hydrogen) atoms. The van der Waals surface area contributed by atoms with Crippen LogP contribution in [0.3, 0.4) is 0 Å². The summed E-state index contributed by atoms with van der Waals surface area (Å²) in [6.07, 6.45) is 0.772. The molecule has 0 saturated carbocycles. The first-order valence-corrected chi connectivity index (χ1v) is 7.08. The molecule has 0 radical (unpaired) electrons. The van der Waals surface area contributed by atoms with Crippen LogP contribution in [-0.2, 0) is 9.53 Å². The first-order valence-electron chi connectivity index (χ1n) is 6.27. The van der Waals surface area contributed by atoms with Gasteiger partial charge in [-0.1, -0.05) is 18.8 Å². The Morgan fingerprint density at radius 3 is 2.80 bits per heavy atom. The van der Waals surface area contributed by atoms with Crippen LogP contribution < -0.4 is 5.73 Å². The SMILES string of the molecule is CCCN(CC(=O)OC)C(=O)c1ccc(C#CCN)s1. The van der Waals surface area contributed by atoms with Crippen molar-refractivity contribution in [1.82, 2.24) is 4.90 Å². The number of carbonyl (C=O) groups is 2. The van der Waals surface area contributed by atoms with Gasteiger partial charge in [0.1, 0.15) is 6.54 Å². The molecule has 1 amide bonds. The molecule has 1 rings (SSSR count). The lowest BCUT2D eigenvalue weighted by Gasteiger charge is -2.19. The summed E-state index contributed by atoms with van der Waals surface area (Å²) in [5.74, 6) is 5.02. The van der Waals surface area contributed by atoms with Crippen molar-refractivity contribution in [2.75, 3.05) is 26.7 Å². The van der Waals surface area contributed by atoms with Gasteiger partial charge in [-0.2, -0.15) is 0 Å². The molecule has 0 bridgehead atoms. The Morgan fingerprint density at radius 2 is 2.20 bits per heavy atom. The highest BCUT2D eigenvalue weighted by Crippen LogP contribution is 2.17. The summed E-state index contributed by atoms with van der Waals surface area (Å²) in [4.78, 5) is 26.5. The summed E-state index contributed by atoms with van der Waals surface area (Å²) < 4.78 is 4.61. The van der Waals surface area contributed by atoms with Gasteiger partial charge < -0.3 is 15.4 Å². The van der Waals surface area contributed by atoms with E-state index in [1.165, 1.54) is 23.3 Å². The Bertz CT molecular complexity index is 528. The summed E-state index contributed by atoms with van der Waals surface area (Å²) in [7, 11) is 1.31. The summed E-state index contributed by atoms with van der Waals surface area (Å²) in [5, 5.41) is 0. The van der Waals surface area contributed by atoms with E-state index in [4.69, 9.17) is 5.73 Å². The first-order chi connectivity index (χ1) is 9.62. The fourth-order valence-corrected chi connectivity index (χ4v) is 2.41. The largest absolute Gasteiger partial charge is 0.468 e. The molecule has 0 aliphatic carbocycles. The molecule has 0 spiro atoms. The molecule has 0 aromatic carbocycles. The van der Waals surface area contributed by atoms with Crippen molar-refractivity contribution in [2.45, 2.75) is 13.3 Å². The van der Waals surface area contributed by atoms with E-state index in [1.54, 1.807) is 12.1 Å². The molecule has 108 valence electrons. The second-order valence-electron chi connectivity index (χ2n) is 3.97. The predicted octanol–water partition coefficient (Wildman–Crippen LogP) is 1.08. The second kappa shape index (κ2) is 8.35. The number of carbonyl (C=O) groups excluding carboxylic acids is 2. The Balaban J connectivity index is 2.83. The fraction of sp³-hybridized carbons (Fsp3) is 0.429. The number of nitrogens with two attached hydrogens (primary N) is 1. The summed E-state index contributed by atoms with van der Waals surface area (Å²) in [6.45, 7) is 2.70. The fourth-order valence-electron chi connectivity index (χ4n) is 1.56. The minimum absolute atomic E-state index is 0.0368. The van der Waals surface area contributed by atoms with Gasteiger partial charge in [0.15, 0.2) is 0 Å². The van der Waals surface area contributed by atoms with Crippen LogP contribution in [0.1, 0.15) is 27.9 Å². The number of hydrogen-bond donors (Lipinski definition) is 1. The van der Waals surface area contributed by atoms with Crippen LogP contribution in [0.15, 0.2) is 12.1 Å². The minimum Gasteiger partial charge on any atom is -0.468 e. The van der Waals surface area contributed by atoms with Gasteiger partial charge in [-0.05, 0) is 18.6 Å². The van der Waals surface area contributed by atoms with E-state index >= 15 is 0 Å². The van der Waals surface area contributed by atoms with Crippen LogP contribution in [0.2, 0.25) is 0 Å². The van der Waals surface area contributed by atoms with Gasteiger partial charge in [0.25, 0.3) is 5.91 Å². The van der Waals surface area contributed by atoms with Crippen molar-refractivity contribution >= 4 is 23.2 Å². The molecule has 0 saturated heterocycles. The number of hydrogen-bond acceptors (Lipinski definition) is 5. The highest BCUT2D eigenvalue weighted by molar-refractivity contribution is 7.14. The molecule has 1 heterocycles. The van der Waals surface area contributed by atoms with Crippen LogP contribution in [0, 0.1) is 11.8 Å². The van der Waals surface area contributed by atoms with Gasteiger partial charge >= 0.3 is 5.97 Å². The number of ether oxygens (including phenoxy) is 1. The van der Waals surface area contributed by atoms with Crippen molar-refractivity contribution in [2.24, 2.45) is 5.73 Å². The Kier molecular flexibility index (Phi) is 6.77. The molecule has 2 N–H and O–H groups in total. The van der Waals surface area contributed by atoms with E-state index in [-0.39, 0.29) is 19.0 Å². The predicted molar refractivity (Wildman–Crippen MR) is 78.5 cm³/mol. The quantitative estimate of drug-likeness (QED) is 0.651. The normalized spacial score (nSPS) is 9.55. The van der Waals surface area contributed by atoms with Gasteiger partial charge in [-0.3, -0.25) is 9.59 Å². The van der Waals surface area contributed by atoms with Crippen molar-refractivity contribution in [3.63, 3.8) is 0 Å². The molecule has 1 aromatic heterocycles. The molecule has 0 fully saturated rings. The minimum atomic E-state index is -0.425. The molecule has 0 aliphatic rings. The summed E-state index contributed by atoms with van der Waals surface area (Å²) in [6, 6.07) is 3.50. The third kappa shape index (κ3) is 4.68. The van der Waals surface area contributed by atoms with Gasteiger partial charge in [0, 0.05) is 6.54 Å². The maximum Gasteiger partial charge on any atom is 0.325 e. The van der Waals surface area contributed by atoms with Gasteiger partial charge in [0.05, 0.1) is 23.4 Å². The lowest BCUT2D eigenvalue weighted by atomic mass is 10.3. The number of esters is 1. The zero-order valence-electron chi connectivity index (χ0n) is 11.6. The molecular weight excluding hydrogens is 276 g/mol. The topological polar surface area (TPSA) is 72.6 Å². The molecule has 0 aliphatic heterocycles. The van der Waals surface area contributed by atoms with E-state index in [9.17, 15) is 9.59 Å². The van der Waals surface area contributed by atoms with E-state index in [0.717, 1.165) is 11.3 Å². The van der Waals surface area contributed by atoms with E-state index in [0.29, 0.717) is 11.4 Å². The van der Waals surface area contributed by atoms with Gasteiger partial charge in [-0.15, -0.1) is 11.3 Å². The lowest BCUT2D eigenvalue weighted by molar-refractivity contribution is -0.141. The lowest BCUT2D eigenvalue weighted by Crippen LogP contribution is -2.36. The van der Waals surface area contributed by atoms with E-state index < -0.39 is 5.97 Å². The molecule has 0 atom stereocenters. The zero-order valence-corrected chi connectivity index (χ0v) is 12.5. The molecule has 6 heteroatoms. The molecule has 0 unspecified atom stereocenters. The van der Waals surface area contributed by atoms with Gasteiger partial charge in [0.2, 0.25) is 0 Å². The van der Waals surface area contributed by atoms with Crippen LogP contribution >= 0.6 is 11.3 Å². The van der Waals surface area contributed by atoms with Gasteiger partial charge in [-0.25, -0.2) is 0 Å². The summed E-state index contributed by atoms with van der Waals surface area (Å²) in [5.41, 5.74) is 5.31. The van der Waals surface area contributed by atoms with Crippen LogP contribution in [-0.4, -0.2) is 43.5 Å². The number of amides is 1. The smallest absolute Gasteiger partial charge is 0.325 e. The number of nitrogens with zero attached hydrogens (tertiary/aromatic N) is 1. The highest BCUT2D eigenvalue weighted by atomic mass is 32.1. The maximum atomic E-state index is 12.3. The first kappa shape index (κ1) is 16.2. The van der Waals surface area contributed by atoms with Crippen molar-refractivity contribution in [3.05, 3.63) is 21.9 Å². The zero-order chi connectivity index (χ0) is 15.0. The Morgan fingerprint density at radius 1 is 1.45 bits per heavy atom. The third-order valence-corrected chi connectivity index (χ3v) is 3.45. The third-order valence-electron chi connectivity index (χ3n) is 2.46. The summed E-state index contributed by atoms with van der Waals surface area (Å²) >= 11 is 1.30. The average Bonchev–Trinajstić information content (AvgIpc) is 2.92. The standard InChI is InChI=1S/C14H18N2O3S/c1-3-9-16(10-13(17)19-2)14(18)12-7-6-11(20-12)5-4-8-15/h6-7H,3,8-10,15H2,1-2H3. The molecule has 1 aromatic rings. The van der Waals surface area contributed by atoms with Crippen molar-refractivity contribution in [3.8, 4) is 11.8 Å². The Hall–Kier alpha value is -1.84. The van der Waals surface area contributed by atoms with Crippen molar-refractivity contribution in [1.29, 1.82) is 0 Å². The van der Waals surface area contributed by atoms with E-state index in [1.807, 2.05) is 6.92 Å². The number of methoxy groups -OCH3 is 1. The highest BCUT2D eigenvalue weighted by Gasteiger charge is 2.19. The monoisotopic (exact) mass is 294 g/mol. The molecular formula is C14H18N2O3S. The van der Waals surface area contributed by atoms with Crippen LogP contribution in [0.25, 0.3) is 0 Å². The maximum absolute atomic E-state index is 12.3.